The third kappa shape index (κ3) is 2.11. The highest BCUT2D eigenvalue weighted by atomic mass is 16.5. The number of carbonyl (C=O) groups excluding carboxylic acids is 2. The number of hydrogen-bond donors (Lipinski definition) is 0. The fourth-order valence-electron chi connectivity index (χ4n) is 3.99. The highest BCUT2D eigenvalue weighted by Crippen LogP contribution is 2.52. The molecule has 1 saturated heterocycles. The second kappa shape index (κ2) is 5.33. The molecule has 0 N–H and O–H groups in total. The maximum absolute atomic E-state index is 12.5. The van der Waals surface area contributed by atoms with Crippen LogP contribution in [0.15, 0.2) is 41.5 Å². The van der Waals surface area contributed by atoms with E-state index in [2.05, 4.69) is 17.3 Å². The summed E-state index contributed by atoms with van der Waals surface area (Å²) in [5, 5.41) is 5.24. The maximum atomic E-state index is 12.5. The van der Waals surface area contributed by atoms with E-state index in [1.54, 1.807) is 0 Å². The summed E-state index contributed by atoms with van der Waals surface area (Å²) in [5.74, 6) is 0.354. The number of ether oxygens (including phenoxy) is 1. The molecule has 5 heteroatoms. The van der Waals surface area contributed by atoms with Crippen LogP contribution in [-0.2, 0) is 9.59 Å². The predicted octanol–water partition coefficient (Wildman–Crippen LogP) is 2.23. The van der Waals surface area contributed by atoms with Gasteiger partial charge in [0.15, 0.2) is 0 Å². The van der Waals surface area contributed by atoms with Gasteiger partial charge in [-0.2, -0.15) is 10.1 Å². The number of benzene rings is 1. The highest BCUT2D eigenvalue weighted by molar-refractivity contribution is 6.06. The summed E-state index contributed by atoms with van der Waals surface area (Å²) in [6.45, 7) is 2.46. The van der Waals surface area contributed by atoms with E-state index in [1.165, 1.54) is 6.21 Å². The number of para-hydroxylation sites is 1. The van der Waals surface area contributed by atoms with E-state index >= 15 is 0 Å². The summed E-state index contributed by atoms with van der Waals surface area (Å²) in [4.78, 5) is 25.1. The Balaban J connectivity index is 1.58. The molecule has 3 aliphatic rings. The summed E-state index contributed by atoms with van der Waals surface area (Å²) >= 11 is 0. The molecule has 2 aliphatic carbocycles. The third-order valence-corrected chi connectivity index (χ3v) is 4.98. The second-order valence-electron chi connectivity index (χ2n) is 6.20. The molecular weight excluding hydrogens is 292 g/mol. The van der Waals surface area contributed by atoms with Crippen LogP contribution < -0.4 is 4.74 Å². The predicted molar refractivity (Wildman–Crippen MR) is 84.8 cm³/mol. The van der Waals surface area contributed by atoms with Gasteiger partial charge in [0.25, 0.3) is 11.8 Å². The van der Waals surface area contributed by atoms with Crippen LogP contribution in [0.5, 0.6) is 5.75 Å². The zero-order valence-corrected chi connectivity index (χ0v) is 12.9. The Kier molecular flexibility index (Phi) is 3.29. The first kappa shape index (κ1) is 14.2. The summed E-state index contributed by atoms with van der Waals surface area (Å²) in [6, 6.07) is 7.45. The van der Waals surface area contributed by atoms with Crippen molar-refractivity contribution < 1.29 is 14.3 Å². The molecule has 2 bridgehead atoms. The Morgan fingerprint density at radius 1 is 1.17 bits per heavy atom. The van der Waals surface area contributed by atoms with Gasteiger partial charge in [0.1, 0.15) is 5.75 Å². The van der Waals surface area contributed by atoms with E-state index in [0.29, 0.717) is 12.4 Å². The molecule has 1 aromatic carbocycles. The second-order valence-corrected chi connectivity index (χ2v) is 6.20. The van der Waals surface area contributed by atoms with Crippen LogP contribution in [0.1, 0.15) is 18.9 Å². The van der Waals surface area contributed by atoms with Gasteiger partial charge in [0.05, 0.1) is 24.7 Å². The molecule has 118 valence electrons. The van der Waals surface area contributed by atoms with E-state index in [-0.39, 0.29) is 35.5 Å². The molecule has 1 aromatic rings. The topological polar surface area (TPSA) is 59.0 Å². The maximum Gasteiger partial charge on any atom is 0.254 e. The first-order valence-corrected chi connectivity index (χ1v) is 8.02. The van der Waals surface area contributed by atoms with Gasteiger partial charge in [-0.25, -0.2) is 0 Å². The van der Waals surface area contributed by atoms with Crippen molar-refractivity contribution in [2.24, 2.45) is 28.8 Å². The number of allylic oxidation sites excluding steroid dienone is 2. The van der Waals surface area contributed by atoms with Gasteiger partial charge in [-0.3, -0.25) is 9.59 Å². The average Bonchev–Trinajstić information content (AvgIpc) is 3.22. The lowest BCUT2D eigenvalue weighted by Gasteiger charge is -2.13. The Morgan fingerprint density at radius 3 is 2.48 bits per heavy atom. The van der Waals surface area contributed by atoms with E-state index in [0.717, 1.165) is 17.0 Å². The van der Waals surface area contributed by atoms with Crippen molar-refractivity contribution in [3.63, 3.8) is 0 Å². The van der Waals surface area contributed by atoms with Gasteiger partial charge in [-0.05, 0) is 37.3 Å². The lowest BCUT2D eigenvalue weighted by atomic mass is 9.85. The SMILES string of the molecule is CCOc1ccccc1C=NN1C(=O)[C@@H]2[C@H](C1=O)[C@H]1C=C[C@H]2C1. The van der Waals surface area contributed by atoms with Crippen LogP contribution in [0, 0.1) is 23.7 Å². The number of rotatable bonds is 4. The lowest BCUT2D eigenvalue weighted by Crippen LogP contribution is -2.28. The van der Waals surface area contributed by atoms with Gasteiger partial charge in [0.2, 0.25) is 0 Å². The minimum Gasteiger partial charge on any atom is -0.493 e. The molecular formula is C18H18N2O3. The molecule has 1 saturated carbocycles. The molecule has 0 unspecified atom stereocenters. The molecule has 4 atom stereocenters. The quantitative estimate of drug-likeness (QED) is 0.487. The molecule has 1 heterocycles. The number of hydrazone groups is 1. The van der Waals surface area contributed by atoms with Gasteiger partial charge >= 0.3 is 0 Å². The van der Waals surface area contributed by atoms with Crippen molar-refractivity contribution in [1.29, 1.82) is 0 Å². The van der Waals surface area contributed by atoms with Crippen LogP contribution in [-0.4, -0.2) is 29.6 Å². The van der Waals surface area contributed by atoms with Crippen LogP contribution in [0.2, 0.25) is 0 Å². The average molecular weight is 310 g/mol. The first-order valence-electron chi connectivity index (χ1n) is 8.02. The number of amides is 2. The van der Waals surface area contributed by atoms with Crippen LogP contribution in [0.25, 0.3) is 0 Å². The van der Waals surface area contributed by atoms with Gasteiger partial charge < -0.3 is 4.74 Å². The fourth-order valence-corrected chi connectivity index (χ4v) is 3.99. The van der Waals surface area contributed by atoms with Crippen molar-refractivity contribution in [1.82, 2.24) is 5.01 Å². The monoisotopic (exact) mass is 310 g/mol. The zero-order valence-electron chi connectivity index (χ0n) is 12.9. The first-order chi connectivity index (χ1) is 11.2. The van der Waals surface area contributed by atoms with Crippen molar-refractivity contribution in [2.75, 3.05) is 6.61 Å². The molecule has 0 spiro atoms. The van der Waals surface area contributed by atoms with E-state index in [9.17, 15) is 9.59 Å². The molecule has 1 aliphatic heterocycles. The molecule has 2 amide bonds. The van der Waals surface area contributed by atoms with E-state index in [4.69, 9.17) is 4.74 Å². The van der Waals surface area contributed by atoms with E-state index < -0.39 is 0 Å². The summed E-state index contributed by atoms with van der Waals surface area (Å²) in [5.41, 5.74) is 0.758. The Morgan fingerprint density at radius 2 is 1.83 bits per heavy atom. The third-order valence-electron chi connectivity index (χ3n) is 4.98. The molecule has 2 fully saturated rings. The normalized spacial score (nSPS) is 31.4. The largest absolute Gasteiger partial charge is 0.493 e. The molecule has 4 rings (SSSR count). The smallest absolute Gasteiger partial charge is 0.254 e. The van der Waals surface area contributed by atoms with Crippen molar-refractivity contribution in [2.45, 2.75) is 13.3 Å². The summed E-state index contributed by atoms with van der Waals surface area (Å²) in [7, 11) is 0. The minimum atomic E-state index is -0.211. The minimum absolute atomic E-state index is 0.165. The molecule has 0 radical (unpaired) electrons. The summed E-state index contributed by atoms with van der Waals surface area (Å²) < 4.78 is 5.53. The number of hydrogen-bond acceptors (Lipinski definition) is 4. The van der Waals surface area contributed by atoms with Gasteiger partial charge in [-0.1, -0.05) is 24.3 Å². The Hall–Kier alpha value is -2.43. The molecule has 23 heavy (non-hydrogen) atoms. The standard InChI is InChI=1S/C18H18N2O3/c1-2-23-14-6-4-3-5-13(14)10-19-20-17(21)15-11-7-8-12(9-11)16(15)18(20)22/h3-8,10-12,15-16H,2,9H2,1H3/t11-,12-,15-,16+/m0/s1. The Labute approximate surface area is 134 Å². The highest BCUT2D eigenvalue weighted by Gasteiger charge is 2.59. The van der Waals surface area contributed by atoms with Crippen molar-refractivity contribution in [3.05, 3.63) is 42.0 Å². The Bertz CT molecular complexity index is 695. The van der Waals surface area contributed by atoms with Crippen LogP contribution in [0.3, 0.4) is 0 Å². The summed E-state index contributed by atoms with van der Waals surface area (Å²) in [6.07, 6.45) is 6.62. The number of fused-ring (bicyclic) bond motifs is 5. The van der Waals surface area contributed by atoms with Crippen LogP contribution >= 0.6 is 0 Å². The van der Waals surface area contributed by atoms with E-state index in [1.807, 2.05) is 31.2 Å². The van der Waals surface area contributed by atoms with Crippen molar-refractivity contribution >= 4 is 18.0 Å². The lowest BCUT2D eigenvalue weighted by molar-refractivity contribution is -0.140. The van der Waals surface area contributed by atoms with Gasteiger partial charge in [0, 0.05) is 5.56 Å². The fraction of sp³-hybridized carbons (Fsp3) is 0.389. The zero-order chi connectivity index (χ0) is 16.0. The van der Waals surface area contributed by atoms with Crippen LogP contribution in [0.4, 0.5) is 0 Å². The van der Waals surface area contributed by atoms with Gasteiger partial charge in [-0.15, -0.1) is 0 Å². The molecule has 5 nitrogen and oxygen atoms in total. The number of carbonyl (C=O) groups is 2. The number of nitrogens with zero attached hydrogens (tertiary/aromatic N) is 2. The molecule has 0 aromatic heterocycles. The number of imide groups is 1. The van der Waals surface area contributed by atoms with Crippen molar-refractivity contribution in [3.8, 4) is 5.75 Å².